The Kier molecular flexibility index (Phi) is 6.53. The second-order valence-corrected chi connectivity index (χ2v) is 9.63. The number of benzene rings is 1. The first-order chi connectivity index (χ1) is 16.6. The van der Waals surface area contributed by atoms with Gasteiger partial charge >= 0.3 is 12.4 Å². The lowest BCUT2D eigenvalue weighted by atomic mass is 9.82. The van der Waals surface area contributed by atoms with Crippen molar-refractivity contribution in [1.29, 1.82) is 0 Å². The van der Waals surface area contributed by atoms with Gasteiger partial charge in [0.1, 0.15) is 23.7 Å². The first-order valence-corrected chi connectivity index (χ1v) is 11.4. The summed E-state index contributed by atoms with van der Waals surface area (Å²) in [4.78, 5) is 4.10. The fourth-order valence-electron chi connectivity index (χ4n) is 4.83. The van der Waals surface area contributed by atoms with Crippen LogP contribution in [-0.2, 0) is 25.0 Å². The second kappa shape index (κ2) is 8.94. The molecule has 3 aromatic rings. The summed E-state index contributed by atoms with van der Waals surface area (Å²) in [6.07, 6.45) is -7.86. The summed E-state index contributed by atoms with van der Waals surface area (Å²) in [6, 6.07) is 2.03. The van der Waals surface area contributed by atoms with Gasteiger partial charge in [-0.05, 0) is 39.3 Å². The highest BCUT2D eigenvalue weighted by molar-refractivity contribution is 5.81. The number of piperidine rings is 1. The Morgan fingerprint density at radius 1 is 1.14 bits per heavy atom. The highest BCUT2D eigenvalue weighted by atomic mass is 19.4. The van der Waals surface area contributed by atoms with Crippen molar-refractivity contribution in [1.82, 2.24) is 24.6 Å². The van der Waals surface area contributed by atoms with E-state index < -0.39 is 35.3 Å². The number of aryl methyl sites for hydroxylation is 1. The molecule has 1 saturated heterocycles. The van der Waals surface area contributed by atoms with Gasteiger partial charge in [-0.3, -0.25) is 4.68 Å². The van der Waals surface area contributed by atoms with Crippen LogP contribution in [0.5, 0.6) is 5.75 Å². The van der Waals surface area contributed by atoms with E-state index in [9.17, 15) is 31.4 Å². The quantitative estimate of drug-likeness (QED) is 0.474. The summed E-state index contributed by atoms with van der Waals surface area (Å²) in [7, 11) is 1.15. The van der Waals surface area contributed by atoms with Crippen molar-refractivity contribution in [3.8, 4) is 5.75 Å². The minimum atomic E-state index is -4.64. The van der Waals surface area contributed by atoms with Gasteiger partial charge < -0.3 is 19.7 Å². The molecule has 3 atom stereocenters. The zero-order valence-electron chi connectivity index (χ0n) is 20.1. The van der Waals surface area contributed by atoms with E-state index in [0.29, 0.717) is 4.68 Å². The molecule has 2 aromatic heterocycles. The number of imidazole rings is 1. The Labute approximate surface area is 203 Å². The maximum absolute atomic E-state index is 13.8. The lowest BCUT2D eigenvalue weighted by Crippen LogP contribution is -2.53. The number of halogens is 6. The van der Waals surface area contributed by atoms with Gasteiger partial charge in [-0.15, -0.1) is 0 Å². The predicted molar refractivity (Wildman–Crippen MR) is 118 cm³/mol. The molecule has 0 bridgehead atoms. The lowest BCUT2D eigenvalue weighted by Gasteiger charge is -2.40. The highest BCUT2D eigenvalue weighted by Crippen LogP contribution is 2.40. The number of alkyl halides is 6. The Balaban J connectivity index is 1.58. The third kappa shape index (κ3) is 5.03. The van der Waals surface area contributed by atoms with Crippen LogP contribution in [0, 0.1) is 0 Å². The summed E-state index contributed by atoms with van der Waals surface area (Å²) in [6.45, 7) is 5.13. The van der Waals surface area contributed by atoms with Crippen LogP contribution in [0.25, 0.3) is 11.0 Å². The molecule has 1 aliphatic heterocycles. The summed E-state index contributed by atoms with van der Waals surface area (Å²) in [5.41, 5.74) is -3.57. The van der Waals surface area contributed by atoms with Gasteiger partial charge in [-0.2, -0.15) is 31.4 Å². The van der Waals surface area contributed by atoms with E-state index in [1.807, 2.05) is 0 Å². The fraction of sp³-hybridized carbons (Fsp3) is 0.565. The number of rotatable bonds is 5. The minimum absolute atomic E-state index is 0.0397. The van der Waals surface area contributed by atoms with E-state index >= 15 is 0 Å². The Morgan fingerprint density at radius 2 is 1.83 bits per heavy atom. The van der Waals surface area contributed by atoms with Gasteiger partial charge in [0, 0.05) is 37.7 Å². The first kappa shape index (κ1) is 26.3. The fourth-order valence-corrected chi connectivity index (χ4v) is 4.83. The van der Waals surface area contributed by atoms with E-state index in [4.69, 9.17) is 4.74 Å². The normalized spacial score (nSPS) is 23.6. The molecule has 0 unspecified atom stereocenters. The number of fused-ring (bicyclic) bond motifs is 1. The van der Waals surface area contributed by atoms with Gasteiger partial charge in [0.15, 0.2) is 0 Å². The van der Waals surface area contributed by atoms with E-state index in [2.05, 4.69) is 15.4 Å². The van der Waals surface area contributed by atoms with Crippen LogP contribution in [0.3, 0.4) is 0 Å². The average Bonchev–Trinajstić information content (AvgIpc) is 3.34. The van der Waals surface area contributed by atoms with Gasteiger partial charge in [-0.1, -0.05) is 0 Å². The molecular weight excluding hydrogens is 492 g/mol. The summed E-state index contributed by atoms with van der Waals surface area (Å²) in [5, 5.41) is 18.3. The molecule has 4 rings (SSSR count). The van der Waals surface area contributed by atoms with Crippen molar-refractivity contribution in [2.75, 3.05) is 6.61 Å². The van der Waals surface area contributed by atoms with E-state index in [0.717, 1.165) is 19.2 Å². The first-order valence-electron chi connectivity index (χ1n) is 11.4. The van der Waals surface area contributed by atoms with Crippen molar-refractivity contribution in [2.24, 2.45) is 7.05 Å². The van der Waals surface area contributed by atoms with Crippen LogP contribution in [-0.4, -0.2) is 43.1 Å². The molecule has 3 heterocycles. The van der Waals surface area contributed by atoms with E-state index in [-0.39, 0.29) is 54.0 Å². The number of nitrogens with one attached hydrogen (secondary N) is 1. The van der Waals surface area contributed by atoms with E-state index in [1.54, 1.807) is 20.8 Å². The van der Waals surface area contributed by atoms with Crippen LogP contribution in [0.15, 0.2) is 24.5 Å². The number of aromatic nitrogens is 4. The number of aliphatic hydroxyl groups is 1. The van der Waals surface area contributed by atoms with Crippen molar-refractivity contribution < 1.29 is 36.2 Å². The maximum atomic E-state index is 13.8. The molecule has 7 nitrogen and oxygen atoms in total. The van der Waals surface area contributed by atoms with Crippen LogP contribution < -0.4 is 10.1 Å². The summed E-state index contributed by atoms with van der Waals surface area (Å²) in [5.74, 6) is -0.0513. The molecule has 0 saturated carbocycles. The molecule has 198 valence electrons. The number of nitrogens with zero attached hydrogens (tertiary/aromatic N) is 4. The van der Waals surface area contributed by atoms with Gasteiger partial charge in [0.2, 0.25) is 0 Å². The molecule has 2 N–H and O–H groups in total. The molecule has 36 heavy (non-hydrogen) atoms. The van der Waals surface area contributed by atoms with Crippen molar-refractivity contribution in [3.05, 3.63) is 41.5 Å². The molecular formula is C23H27F6N5O2. The zero-order valence-corrected chi connectivity index (χ0v) is 20.1. The molecule has 1 fully saturated rings. The third-order valence-corrected chi connectivity index (χ3v) is 6.35. The topological polar surface area (TPSA) is 77.1 Å². The Morgan fingerprint density at radius 3 is 2.42 bits per heavy atom. The van der Waals surface area contributed by atoms with E-state index in [1.165, 1.54) is 17.0 Å². The smallest absolute Gasteiger partial charge is 0.433 e. The molecule has 1 aliphatic rings. The maximum Gasteiger partial charge on any atom is 0.433 e. The SMILES string of the molecule is CC(C)n1cnc2cc(OC[C@@H]3C[C@](O)(c4cc(C(F)(F)F)n(C)n4)C[C@H](C)N3)cc(C(F)(F)F)c21. The number of hydrogen-bond acceptors (Lipinski definition) is 5. The van der Waals surface area contributed by atoms with Crippen molar-refractivity contribution >= 4 is 11.0 Å². The van der Waals surface area contributed by atoms with Crippen LogP contribution in [0.1, 0.15) is 56.6 Å². The van der Waals surface area contributed by atoms with Crippen LogP contribution in [0.4, 0.5) is 26.3 Å². The largest absolute Gasteiger partial charge is 0.492 e. The number of hydrogen-bond donors (Lipinski definition) is 2. The van der Waals surface area contributed by atoms with Crippen molar-refractivity contribution in [3.63, 3.8) is 0 Å². The van der Waals surface area contributed by atoms with Gasteiger partial charge in [-0.25, -0.2) is 4.98 Å². The molecule has 1 aromatic carbocycles. The molecule has 0 amide bonds. The average molecular weight is 519 g/mol. The predicted octanol–water partition coefficient (Wildman–Crippen LogP) is 4.80. The Bertz CT molecular complexity index is 1250. The lowest BCUT2D eigenvalue weighted by molar-refractivity contribution is -0.143. The second-order valence-electron chi connectivity index (χ2n) is 9.63. The molecule has 0 aliphatic carbocycles. The minimum Gasteiger partial charge on any atom is -0.492 e. The monoisotopic (exact) mass is 519 g/mol. The molecule has 0 radical (unpaired) electrons. The summed E-state index contributed by atoms with van der Waals surface area (Å²) < 4.78 is 89.0. The van der Waals surface area contributed by atoms with Crippen LogP contribution in [0.2, 0.25) is 0 Å². The molecule has 0 spiro atoms. The number of ether oxygens (including phenoxy) is 1. The zero-order chi connectivity index (χ0) is 26.6. The highest BCUT2D eigenvalue weighted by Gasteiger charge is 2.44. The van der Waals surface area contributed by atoms with Gasteiger partial charge in [0.05, 0.1) is 28.6 Å². The third-order valence-electron chi connectivity index (χ3n) is 6.35. The Hall–Kier alpha value is -2.80. The van der Waals surface area contributed by atoms with Crippen molar-refractivity contribution in [2.45, 2.75) is 69.7 Å². The van der Waals surface area contributed by atoms with Crippen LogP contribution >= 0.6 is 0 Å². The standard InChI is InChI=1S/C23H27F6N5O2/c1-12(2)34-11-30-17-6-15(5-16(20(17)34)22(24,25)26)36-10-14-9-21(35,8-13(3)31-14)18-7-19(23(27,28)29)33(4)32-18/h5-7,11-14,31,35H,8-10H2,1-4H3/t13-,14-,21-/m0/s1. The molecule has 13 heteroatoms. The van der Waals surface area contributed by atoms with Gasteiger partial charge in [0.25, 0.3) is 0 Å². The summed E-state index contributed by atoms with van der Waals surface area (Å²) >= 11 is 0.